The standard InChI is InChI=1S/C9H17O3P/c1-2-3-4-5-6-8(10)7-12-9(11)13/h2-7,13H2,1H3. The molecular weight excluding hydrogens is 187 g/mol. The molecule has 4 heteroatoms. The van der Waals surface area contributed by atoms with Gasteiger partial charge >= 0.3 is 5.71 Å². The minimum atomic E-state index is -0.470. The van der Waals surface area contributed by atoms with Crippen molar-refractivity contribution in [1.82, 2.24) is 0 Å². The molecule has 1 unspecified atom stereocenters. The van der Waals surface area contributed by atoms with Gasteiger partial charge in [-0.1, -0.05) is 26.2 Å². The number of unbranched alkanes of at least 4 members (excludes halogenated alkanes) is 3. The SMILES string of the molecule is CCCCCCC(=O)COC(=O)P. The van der Waals surface area contributed by atoms with Crippen LogP contribution in [0.5, 0.6) is 0 Å². The van der Waals surface area contributed by atoms with Gasteiger partial charge in [-0.25, -0.2) is 4.79 Å². The summed E-state index contributed by atoms with van der Waals surface area (Å²) in [6.45, 7) is 2.05. The van der Waals surface area contributed by atoms with E-state index in [0.29, 0.717) is 6.42 Å². The van der Waals surface area contributed by atoms with E-state index in [9.17, 15) is 9.59 Å². The molecule has 1 atom stereocenters. The molecule has 0 aromatic heterocycles. The van der Waals surface area contributed by atoms with Gasteiger partial charge in [0, 0.05) is 6.42 Å². The highest BCUT2D eigenvalue weighted by Crippen LogP contribution is 2.03. The van der Waals surface area contributed by atoms with Gasteiger partial charge < -0.3 is 4.74 Å². The van der Waals surface area contributed by atoms with Gasteiger partial charge in [-0.05, 0) is 15.7 Å². The fourth-order valence-corrected chi connectivity index (χ4v) is 1.06. The van der Waals surface area contributed by atoms with E-state index in [0.717, 1.165) is 25.7 Å². The molecule has 0 aliphatic carbocycles. The Hall–Kier alpha value is -0.430. The van der Waals surface area contributed by atoms with Crippen molar-refractivity contribution in [3.8, 4) is 0 Å². The Kier molecular flexibility index (Phi) is 7.91. The summed E-state index contributed by atoms with van der Waals surface area (Å²) in [5.41, 5.74) is -0.470. The highest BCUT2D eigenvalue weighted by molar-refractivity contribution is 7.39. The van der Waals surface area contributed by atoms with Gasteiger partial charge in [0.2, 0.25) is 0 Å². The summed E-state index contributed by atoms with van der Waals surface area (Å²) in [7, 11) is 1.88. The Morgan fingerprint density at radius 2 is 1.92 bits per heavy atom. The molecule has 3 nitrogen and oxygen atoms in total. The molecule has 0 amide bonds. The average molecular weight is 204 g/mol. The molecule has 0 fully saturated rings. The quantitative estimate of drug-likeness (QED) is 0.472. The van der Waals surface area contributed by atoms with Crippen LogP contribution in [0, 0.1) is 0 Å². The number of hydrogen-bond donors (Lipinski definition) is 0. The lowest BCUT2D eigenvalue weighted by Gasteiger charge is -2.00. The lowest BCUT2D eigenvalue weighted by molar-refractivity contribution is -0.121. The van der Waals surface area contributed by atoms with E-state index in [1.54, 1.807) is 0 Å². The summed E-state index contributed by atoms with van der Waals surface area (Å²) in [6.07, 6.45) is 4.83. The normalized spacial score (nSPS) is 9.69. The second-order valence-corrected chi connectivity index (χ2v) is 3.43. The summed E-state index contributed by atoms with van der Waals surface area (Å²) in [4.78, 5) is 21.3. The number of hydrogen-bond acceptors (Lipinski definition) is 3. The van der Waals surface area contributed by atoms with Crippen molar-refractivity contribution in [3.63, 3.8) is 0 Å². The molecule has 0 aromatic rings. The van der Waals surface area contributed by atoms with Gasteiger partial charge in [0.05, 0.1) is 0 Å². The fraction of sp³-hybridized carbons (Fsp3) is 0.778. The maximum atomic E-state index is 11.0. The molecular formula is C9H17O3P. The van der Waals surface area contributed by atoms with Crippen LogP contribution >= 0.6 is 9.24 Å². The van der Waals surface area contributed by atoms with E-state index in [2.05, 4.69) is 11.7 Å². The lowest BCUT2D eigenvalue weighted by Crippen LogP contribution is -2.09. The Labute approximate surface area is 81.4 Å². The summed E-state index contributed by atoms with van der Waals surface area (Å²) in [5.74, 6) is 0.00639. The van der Waals surface area contributed by atoms with Crippen LogP contribution in [0.2, 0.25) is 0 Å². The van der Waals surface area contributed by atoms with E-state index < -0.39 is 5.71 Å². The van der Waals surface area contributed by atoms with Gasteiger partial charge in [0.15, 0.2) is 5.78 Å². The third kappa shape index (κ3) is 9.48. The molecule has 0 aliphatic rings. The zero-order valence-corrected chi connectivity index (χ0v) is 9.20. The van der Waals surface area contributed by atoms with E-state index in [1.807, 2.05) is 9.24 Å². The number of rotatable bonds is 7. The topological polar surface area (TPSA) is 43.4 Å². The molecule has 0 aromatic carbocycles. The maximum absolute atomic E-state index is 11.0. The number of ketones is 1. The highest BCUT2D eigenvalue weighted by atomic mass is 31.0. The fourth-order valence-electron chi connectivity index (χ4n) is 0.973. The van der Waals surface area contributed by atoms with Crippen LogP contribution in [0.15, 0.2) is 0 Å². The van der Waals surface area contributed by atoms with Crippen molar-refractivity contribution in [2.24, 2.45) is 0 Å². The first-order valence-electron chi connectivity index (χ1n) is 4.60. The third-order valence-electron chi connectivity index (χ3n) is 1.68. The molecule has 0 saturated heterocycles. The monoisotopic (exact) mass is 204 g/mol. The van der Waals surface area contributed by atoms with Crippen LogP contribution in [-0.4, -0.2) is 18.1 Å². The molecule has 13 heavy (non-hydrogen) atoms. The molecule has 0 spiro atoms. The first-order chi connectivity index (χ1) is 6.16. The van der Waals surface area contributed by atoms with Crippen LogP contribution in [0.3, 0.4) is 0 Å². The molecule has 0 bridgehead atoms. The molecule has 0 aliphatic heterocycles. The predicted octanol–water partition coefficient (Wildman–Crippen LogP) is 2.54. The average Bonchev–Trinajstić information content (AvgIpc) is 2.09. The van der Waals surface area contributed by atoms with Crippen molar-refractivity contribution in [2.75, 3.05) is 6.61 Å². The third-order valence-corrected chi connectivity index (χ3v) is 1.85. The van der Waals surface area contributed by atoms with E-state index in [-0.39, 0.29) is 12.4 Å². The molecule has 0 heterocycles. The van der Waals surface area contributed by atoms with Gasteiger partial charge in [0.1, 0.15) is 6.61 Å². The van der Waals surface area contributed by atoms with Crippen molar-refractivity contribution in [2.45, 2.75) is 39.0 Å². The van der Waals surface area contributed by atoms with E-state index >= 15 is 0 Å². The van der Waals surface area contributed by atoms with Gasteiger partial charge in [0.25, 0.3) is 0 Å². The van der Waals surface area contributed by atoms with Crippen molar-refractivity contribution >= 4 is 20.7 Å². The van der Waals surface area contributed by atoms with Crippen LogP contribution in [0.1, 0.15) is 39.0 Å². The van der Waals surface area contributed by atoms with Gasteiger partial charge in [-0.2, -0.15) is 0 Å². The lowest BCUT2D eigenvalue weighted by atomic mass is 10.1. The molecule has 0 radical (unpaired) electrons. The Morgan fingerprint density at radius 3 is 2.46 bits per heavy atom. The van der Waals surface area contributed by atoms with E-state index in [1.165, 1.54) is 0 Å². The zero-order valence-electron chi connectivity index (χ0n) is 8.04. The smallest absolute Gasteiger partial charge is 0.320 e. The maximum Gasteiger partial charge on any atom is 0.320 e. The summed E-state index contributed by atoms with van der Waals surface area (Å²) in [6, 6.07) is 0. The number of Topliss-reactive ketones (excluding diaryl/α,β-unsaturated/α-hetero) is 1. The molecule has 0 saturated carbocycles. The largest absolute Gasteiger partial charge is 0.455 e. The van der Waals surface area contributed by atoms with Crippen LogP contribution in [-0.2, 0) is 9.53 Å². The van der Waals surface area contributed by atoms with Gasteiger partial charge in [-0.15, -0.1) is 0 Å². The second kappa shape index (κ2) is 8.18. The van der Waals surface area contributed by atoms with Crippen LogP contribution in [0.25, 0.3) is 0 Å². The zero-order chi connectivity index (χ0) is 10.1. The van der Waals surface area contributed by atoms with Crippen molar-refractivity contribution in [3.05, 3.63) is 0 Å². The summed E-state index contributed by atoms with van der Waals surface area (Å²) < 4.78 is 4.54. The van der Waals surface area contributed by atoms with Crippen molar-refractivity contribution < 1.29 is 14.3 Å². The minimum absolute atomic E-state index is 0.00639. The van der Waals surface area contributed by atoms with Crippen molar-refractivity contribution in [1.29, 1.82) is 0 Å². The first kappa shape index (κ1) is 12.6. The Balaban J connectivity index is 3.25. The summed E-state index contributed by atoms with van der Waals surface area (Å²) >= 11 is 0. The van der Waals surface area contributed by atoms with Crippen LogP contribution in [0.4, 0.5) is 4.79 Å². The first-order valence-corrected chi connectivity index (χ1v) is 5.18. The number of ether oxygens (including phenoxy) is 1. The number of carbonyl (C=O) groups excluding carboxylic acids is 2. The predicted molar refractivity (Wildman–Crippen MR) is 54.8 cm³/mol. The second-order valence-electron chi connectivity index (χ2n) is 2.96. The highest BCUT2D eigenvalue weighted by Gasteiger charge is 2.03. The molecule has 76 valence electrons. The molecule has 0 rings (SSSR count). The Morgan fingerprint density at radius 1 is 1.23 bits per heavy atom. The molecule has 0 N–H and O–H groups in total. The minimum Gasteiger partial charge on any atom is -0.455 e. The summed E-state index contributed by atoms with van der Waals surface area (Å²) in [5, 5.41) is 0. The number of carbonyl (C=O) groups is 2. The Bertz CT molecular complexity index is 168. The van der Waals surface area contributed by atoms with E-state index in [4.69, 9.17) is 0 Å². The van der Waals surface area contributed by atoms with Gasteiger partial charge in [-0.3, -0.25) is 4.79 Å². The van der Waals surface area contributed by atoms with Crippen LogP contribution < -0.4 is 0 Å².